The monoisotopic (exact) mass is 261 g/mol. The molecule has 0 aliphatic carbocycles. The molecule has 0 unspecified atom stereocenters. The molecule has 0 aliphatic heterocycles. The van der Waals surface area contributed by atoms with Gasteiger partial charge in [-0.05, 0) is 51.8 Å². The van der Waals surface area contributed by atoms with Gasteiger partial charge in [0.1, 0.15) is 0 Å². The van der Waals surface area contributed by atoms with Crippen molar-refractivity contribution in [2.24, 2.45) is 5.92 Å². The molecule has 0 atom stereocenters. The molecule has 0 bridgehead atoms. The van der Waals surface area contributed by atoms with Gasteiger partial charge in [0, 0.05) is 6.54 Å². The van der Waals surface area contributed by atoms with Gasteiger partial charge in [-0.1, -0.05) is 13.8 Å². The molecule has 0 aromatic carbocycles. The van der Waals surface area contributed by atoms with Crippen molar-refractivity contribution in [1.82, 2.24) is 5.32 Å². The fourth-order valence-corrected chi connectivity index (χ4v) is 2.27. The van der Waals surface area contributed by atoms with E-state index in [1.54, 1.807) is 11.3 Å². The van der Waals surface area contributed by atoms with Crippen molar-refractivity contribution in [3.05, 3.63) is 20.8 Å². The van der Waals surface area contributed by atoms with Gasteiger partial charge in [-0.2, -0.15) is 0 Å². The van der Waals surface area contributed by atoms with Crippen LogP contribution in [-0.4, -0.2) is 6.54 Å². The first-order valence-electron chi connectivity index (χ1n) is 4.62. The van der Waals surface area contributed by atoms with Gasteiger partial charge in [-0.15, -0.1) is 11.3 Å². The first-order valence-corrected chi connectivity index (χ1v) is 6.29. The number of rotatable bonds is 5. The smallest absolute Gasteiger partial charge is 0.0701 e. The second-order valence-electron chi connectivity index (χ2n) is 3.62. The predicted octanol–water partition coefficient (Wildman–Crippen LogP) is 3.65. The Morgan fingerprint density at radius 1 is 1.54 bits per heavy atom. The van der Waals surface area contributed by atoms with Crippen molar-refractivity contribution in [3.63, 3.8) is 0 Å². The maximum atomic E-state index is 3.46. The fraction of sp³-hybridized carbons (Fsp3) is 0.600. The Labute approximate surface area is 92.7 Å². The van der Waals surface area contributed by atoms with E-state index in [-0.39, 0.29) is 0 Å². The first-order chi connectivity index (χ1) is 6.18. The lowest BCUT2D eigenvalue weighted by Crippen LogP contribution is -2.15. The summed E-state index contributed by atoms with van der Waals surface area (Å²) in [7, 11) is 0. The van der Waals surface area contributed by atoms with Crippen molar-refractivity contribution in [1.29, 1.82) is 0 Å². The zero-order valence-corrected chi connectivity index (χ0v) is 10.5. The number of thiophene rings is 1. The summed E-state index contributed by atoms with van der Waals surface area (Å²) in [5.74, 6) is 0.793. The van der Waals surface area contributed by atoms with Crippen molar-refractivity contribution < 1.29 is 0 Å². The lowest BCUT2D eigenvalue weighted by molar-refractivity contribution is 0.538. The van der Waals surface area contributed by atoms with E-state index in [2.05, 4.69) is 46.5 Å². The molecule has 1 rings (SSSR count). The molecule has 0 fully saturated rings. The molecule has 1 N–H and O–H groups in total. The van der Waals surface area contributed by atoms with Crippen LogP contribution in [0, 0.1) is 5.92 Å². The van der Waals surface area contributed by atoms with Gasteiger partial charge < -0.3 is 5.32 Å². The summed E-state index contributed by atoms with van der Waals surface area (Å²) in [5.41, 5.74) is 1.38. The molecular weight excluding hydrogens is 246 g/mol. The van der Waals surface area contributed by atoms with E-state index in [0.717, 1.165) is 19.0 Å². The zero-order chi connectivity index (χ0) is 9.68. The third-order valence-electron chi connectivity index (χ3n) is 1.85. The Morgan fingerprint density at radius 3 is 2.85 bits per heavy atom. The Morgan fingerprint density at radius 2 is 2.31 bits per heavy atom. The highest BCUT2D eigenvalue weighted by atomic mass is 79.9. The number of halogens is 1. The summed E-state index contributed by atoms with van der Waals surface area (Å²) < 4.78 is 1.22. The molecule has 0 radical (unpaired) electrons. The molecule has 0 saturated carbocycles. The zero-order valence-electron chi connectivity index (χ0n) is 8.14. The molecule has 1 aromatic heterocycles. The fourth-order valence-electron chi connectivity index (χ4n) is 1.06. The molecule has 0 saturated heterocycles. The van der Waals surface area contributed by atoms with Crippen LogP contribution in [-0.2, 0) is 6.54 Å². The Hall–Kier alpha value is 0.140. The number of hydrogen-bond donors (Lipinski definition) is 1. The van der Waals surface area contributed by atoms with Crippen LogP contribution in [0.3, 0.4) is 0 Å². The summed E-state index contributed by atoms with van der Waals surface area (Å²) in [5, 5.41) is 5.62. The van der Waals surface area contributed by atoms with E-state index < -0.39 is 0 Å². The molecule has 1 heterocycles. The molecule has 0 aliphatic rings. The Bertz CT molecular complexity index is 245. The molecule has 13 heavy (non-hydrogen) atoms. The van der Waals surface area contributed by atoms with Crippen LogP contribution < -0.4 is 5.32 Å². The van der Waals surface area contributed by atoms with Gasteiger partial charge in [-0.3, -0.25) is 0 Å². The lowest BCUT2D eigenvalue weighted by Gasteiger charge is -2.05. The molecule has 1 nitrogen and oxygen atoms in total. The van der Waals surface area contributed by atoms with E-state index in [0.29, 0.717) is 0 Å². The van der Waals surface area contributed by atoms with E-state index in [9.17, 15) is 0 Å². The molecule has 0 amide bonds. The summed E-state index contributed by atoms with van der Waals surface area (Å²) in [4.78, 5) is 0. The second-order valence-corrected chi connectivity index (χ2v) is 5.91. The van der Waals surface area contributed by atoms with Crippen molar-refractivity contribution in [2.45, 2.75) is 26.8 Å². The quantitative estimate of drug-likeness (QED) is 0.799. The number of hydrogen-bond acceptors (Lipinski definition) is 2. The maximum absolute atomic E-state index is 3.46. The molecule has 1 aromatic rings. The first kappa shape index (κ1) is 11.2. The van der Waals surface area contributed by atoms with Crippen LogP contribution in [0.15, 0.2) is 15.2 Å². The Balaban J connectivity index is 2.13. The summed E-state index contributed by atoms with van der Waals surface area (Å²) in [6.45, 7) is 6.62. The van der Waals surface area contributed by atoms with Crippen LogP contribution in [0.5, 0.6) is 0 Å². The maximum Gasteiger partial charge on any atom is 0.0701 e. The van der Waals surface area contributed by atoms with Gasteiger partial charge >= 0.3 is 0 Å². The summed E-state index contributed by atoms with van der Waals surface area (Å²) >= 11 is 5.20. The van der Waals surface area contributed by atoms with Crippen molar-refractivity contribution in [2.75, 3.05) is 6.54 Å². The summed E-state index contributed by atoms with van der Waals surface area (Å²) in [6, 6.07) is 2.17. The highest BCUT2D eigenvalue weighted by Crippen LogP contribution is 2.20. The van der Waals surface area contributed by atoms with Crippen molar-refractivity contribution in [3.8, 4) is 0 Å². The minimum absolute atomic E-state index is 0.793. The Kier molecular flexibility index (Phi) is 4.99. The van der Waals surface area contributed by atoms with E-state index in [1.807, 2.05) is 0 Å². The number of nitrogens with one attached hydrogen (secondary N) is 1. The normalized spacial score (nSPS) is 11.1. The summed E-state index contributed by atoms with van der Waals surface area (Å²) in [6.07, 6.45) is 1.26. The van der Waals surface area contributed by atoms with Crippen LogP contribution in [0.1, 0.15) is 25.8 Å². The molecule has 3 heteroatoms. The molecule has 74 valence electrons. The van der Waals surface area contributed by atoms with Gasteiger partial charge in [0.05, 0.1) is 3.79 Å². The largest absolute Gasteiger partial charge is 0.313 e. The van der Waals surface area contributed by atoms with Crippen LogP contribution in [0.2, 0.25) is 0 Å². The van der Waals surface area contributed by atoms with Gasteiger partial charge in [0.2, 0.25) is 0 Å². The van der Waals surface area contributed by atoms with Gasteiger partial charge in [0.15, 0.2) is 0 Å². The SMILES string of the molecule is CC(C)CCNCc1csc(Br)c1. The van der Waals surface area contributed by atoms with E-state index in [4.69, 9.17) is 0 Å². The second kappa shape index (κ2) is 5.78. The lowest BCUT2D eigenvalue weighted by atomic mass is 10.1. The minimum Gasteiger partial charge on any atom is -0.313 e. The van der Waals surface area contributed by atoms with E-state index in [1.165, 1.54) is 15.8 Å². The molecular formula is C10H16BrNS. The van der Waals surface area contributed by atoms with Gasteiger partial charge in [-0.25, -0.2) is 0 Å². The molecule has 0 spiro atoms. The van der Waals surface area contributed by atoms with Crippen LogP contribution in [0.25, 0.3) is 0 Å². The van der Waals surface area contributed by atoms with Crippen LogP contribution >= 0.6 is 27.3 Å². The minimum atomic E-state index is 0.793. The highest BCUT2D eigenvalue weighted by molar-refractivity contribution is 9.11. The third-order valence-corrected chi connectivity index (χ3v) is 3.40. The average molecular weight is 262 g/mol. The predicted molar refractivity (Wildman–Crippen MR) is 63.2 cm³/mol. The standard InChI is InChI=1S/C10H16BrNS/c1-8(2)3-4-12-6-9-5-10(11)13-7-9/h5,7-8,12H,3-4,6H2,1-2H3. The van der Waals surface area contributed by atoms with Crippen molar-refractivity contribution >= 4 is 27.3 Å². The highest BCUT2D eigenvalue weighted by Gasteiger charge is 1.97. The average Bonchev–Trinajstić information content (AvgIpc) is 2.45. The van der Waals surface area contributed by atoms with E-state index >= 15 is 0 Å². The third kappa shape index (κ3) is 4.79. The topological polar surface area (TPSA) is 12.0 Å². The van der Waals surface area contributed by atoms with Gasteiger partial charge in [0.25, 0.3) is 0 Å². The van der Waals surface area contributed by atoms with Crippen LogP contribution in [0.4, 0.5) is 0 Å².